The Morgan fingerprint density at radius 1 is 1.32 bits per heavy atom. The highest BCUT2D eigenvalue weighted by molar-refractivity contribution is 7.07. The second kappa shape index (κ2) is 6.23. The third-order valence-electron chi connectivity index (χ3n) is 3.11. The van der Waals surface area contributed by atoms with Gasteiger partial charge >= 0.3 is 0 Å². The van der Waals surface area contributed by atoms with Crippen LogP contribution in [0.25, 0.3) is 0 Å². The molecule has 19 heavy (non-hydrogen) atoms. The molecule has 102 valence electrons. The fourth-order valence-corrected chi connectivity index (χ4v) is 2.76. The zero-order chi connectivity index (χ0) is 13.8. The number of hydrogen-bond acceptors (Lipinski definition) is 3. The maximum atomic E-state index is 13.8. The standard InChI is InChI=1S/C14H16F2N2S/c1-18(8-10-5-6-19-9-10)13(7-17)11-3-2-4-12(15)14(11)16/h2-6,9,13H,7-8,17H2,1H3. The van der Waals surface area contributed by atoms with Crippen LogP contribution in [-0.4, -0.2) is 18.5 Å². The van der Waals surface area contributed by atoms with Crippen LogP contribution in [-0.2, 0) is 6.54 Å². The molecule has 0 fully saturated rings. The number of nitrogens with zero attached hydrogens (tertiary/aromatic N) is 1. The summed E-state index contributed by atoms with van der Waals surface area (Å²) in [6.45, 7) is 0.891. The number of likely N-dealkylation sites (N-methyl/N-ethyl adjacent to an activating group) is 1. The molecule has 0 aliphatic rings. The lowest BCUT2D eigenvalue weighted by molar-refractivity contribution is 0.235. The Morgan fingerprint density at radius 3 is 2.74 bits per heavy atom. The second-order valence-corrected chi connectivity index (χ2v) is 5.22. The minimum atomic E-state index is -0.833. The zero-order valence-corrected chi connectivity index (χ0v) is 11.5. The smallest absolute Gasteiger partial charge is 0.163 e. The van der Waals surface area contributed by atoms with Crippen molar-refractivity contribution in [1.82, 2.24) is 4.90 Å². The van der Waals surface area contributed by atoms with Gasteiger partial charge in [-0.25, -0.2) is 8.78 Å². The van der Waals surface area contributed by atoms with Gasteiger partial charge in [0.05, 0.1) is 6.04 Å². The number of benzene rings is 1. The summed E-state index contributed by atoms with van der Waals surface area (Å²) in [7, 11) is 1.86. The molecule has 1 unspecified atom stereocenters. The summed E-state index contributed by atoms with van der Waals surface area (Å²) in [6, 6.07) is 5.88. The quantitative estimate of drug-likeness (QED) is 0.912. The largest absolute Gasteiger partial charge is 0.329 e. The molecule has 2 rings (SSSR count). The van der Waals surface area contributed by atoms with Crippen molar-refractivity contribution in [2.75, 3.05) is 13.6 Å². The molecule has 2 aromatic rings. The first-order chi connectivity index (χ1) is 9.13. The number of thiophene rings is 1. The Bertz CT molecular complexity index is 528. The van der Waals surface area contributed by atoms with Gasteiger partial charge in [-0.3, -0.25) is 4.90 Å². The van der Waals surface area contributed by atoms with E-state index >= 15 is 0 Å². The topological polar surface area (TPSA) is 29.3 Å². The summed E-state index contributed by atoms with van der Waals surface area (Å²) in [4.78, 5) is 1.93. The molecule has 1 aromatic heterocycles. The van der Waals surface area contributed by atoms with E-state index in [2.05, 4.69) is 0 Å². The summed E-state index contributed by atoms with van der Waals surface area (Å²) < 4.78 is 27.1. The first kappa shape index (κ1) is 14.1. The summed E-state index contributed by atoms with van der Waals surface area (Å²) in [5.41, 5.74) is 7.17. The summed E-state index contributed by atoms with van der Waals surface area (Å²) >= 11 is 1.61. The van der Waals surface area contributed by atoms with Gasteiger partial charge in [-0.15, -0.1) is 0 Å². The third kappa shape index (κ3) is 3.18. The molecular formula is C14H16F2N2S. The van der Waals surface area contributed by atoms with Crippen molar-refractivity contribution in [2.45, 2.75) is 12.6 Å². The van der Waals surface area contributed by atoms with Crippen molar-refractivity contribution in [3.63, 3.8) is 0 Å². The maximum Gasteiger partial charge on any atom is 0.163 e. The van der Waals surface area contributed by atoms with Crippen LogP contribution in [0.2, 0.25) is 0 Å². The first-order valence-electron chi connectivity index (χ1n) is 5.98. The number of rotatable bonds is 5. The van der Waals surface area contributed by atoms with Crippen molar-refractivity contribution in [3.05, 3.63) is 57.8 Å². The van der Waals surface area contributed by atoms with E-state index in [1.807, 2.05) is 28.8 Å². The molecule has 5 heteroatoms. The highest BCUT2D eigenvalue weighted by Gasteiger charge is 2.21. The number of nitrogens with two attached hydrogens (primary N) is 1. The monoisotopic (exact) mass is 282 g/mol. The van der Waals surface area contributed by atoms with E-state index in [1.54, 1.807) is 17.4 Å². The van der Waals surface area contributed by atoms with E-state index in [-0.39, 0.29) is 12.6 Å². The molecule has 1 aromatic carbocycles. The minimum absolute atomic E-state index is 0.237. The lowest BCUT2D eigenvalue weighted by Gasteiger charge is -2.27. The van der Waals surface area contributed by atoms with Crippen LogP contribution in [0.3, 0.4) is 0 Å². The SMILES string of the molecule is CN(Cc1ccsc1)C(CN)c1cccc(F)c1F. The van der Waals surface area contributed by atoms with Crippen LogP contribution >= 0.6 is 11.3 Å². The van der Waals surface area contributed by atoms with E-state index in [0.717, 1.165) is 11.6 Å². The van der Waals surface area contributed by atoms with Crippen LogP contribution in [0.15, 0.2) is 35.0 Å². The minimum Gasteiger partial charge on any atom is -0.329 e. The molecule has 2 nitrogen and oxygen atoms in total. The van der Waals surface area contributed by atoms with Crippen LogP contribution in [0, 0.1) is 11.6 Å². The molecule has 0 saturated heterocycles. The fourth-order valence-electron chi connectivity index (χ4n) is 2.10. The van der Waals surface area contributed by atoms with E-state index in [9.17, 15) is 8.78 Å². The Hall–Kier alpha value is -1.30. The molecule has 0 amide bonds. The number of halogens is 2. The predicted octanol–water partition coefficient (Wildman–Crippen LogP) is 3.16. The second-order valence-electron chi connectivity index (χ2n) is 4.44. The average molecular weight is 282 g/mol. The number of hydrogen-bond donors (Lipinski definition) is 1. The van der Waals surface area contributed by atoms with Gasteiger partial charge in [0, 0.05) is 18.7 Å². The molecule has 0 aliphatic heterocycles. The fraction of sp³-hybridized carbons (Fsp3) is 0.286. The lowest BCUT2D eigenvalue weighted by Crippen LogP contribution is -2.31. The van der Waals surface area contributed by atoms with Gasteiger partial charge < -0.3 is 5.73 Å². The highest BCUT2D eigenvalue weighted by atomic mass is 32.1. The van der Waals surface area contributed by atoms with Gasteiger partial charge in [-0.1, -0.05) is 12.1 Å². The summed E-state index contributed by atoms with van der Waals surface area (Å²) in [6.07, 6.45) is 0. The van der Waals surface area contributed by atoms with Gasteiger partial charge in [0.1, 0.15) is 0 Å². The predicted molar refractivity (Wildman–Crippen MR) is 73.9 cm³/mol. The molecular weight excluding hydrogens is 266 g/mol. The molecule has 0 bridgehead atoms. The normalized spacial score (nSPS) is 12.9. The third-order valence-corrected chi connectivity index (χ3v) is 3.84. The lowest BCUT2D eigenvalue weighted by atomic mass is 10.0. The Labute approximate surface area is 115 Å². The average Bonchev–Trinajstić information content (AvgIpc) is 2.88. The van der Waals surface area contributed by atoms with Gasteiger partial charge in [0.25, 0.3) is 0 Å². The Kier molecular flexibility index (Phi) is 4.63. The van der Waals surface area contributed by atoms with Gasteiger partial charge in [-0.2, -0.15) is 11.3 Å². The van der Waals surface area contributed by atoms with Crippen LogP contribution in [0.4, 0.5) is 8.78 Å². The molecule has 0 spiro atoms. The van der Waals surface area contributed by atoms with Crippen molar-refractivity contribution in [3.8, 4) is 0 Å². The van der Waals surface area contributed by atoms with Crippen LogP contribution in [0.5, 0.6) is 0 Å². The van der Waals surface area contributed by atoms with Gasteiger partial charge in [0.15, 0.2) is 11.6 Å². The van der Waals surface area contributed by atoms with Gasteiger partial charge in [0.2, 0.25) is 0 Å². The molecule has 0 aliphatic carbocycles. The van der Waals surface area contributed by atoms with Gasteiger partial charge in [-0.05, 0) is 35.5 Å². The van der Waals surface area contributed by atoms with Crippen molar-refractivity contribution in [2.24, 2.45) is 5.73 Å². The Balaban J connectivity index is 2.21. The molecule has 0 radical (unpaired) electrons. The summed E-state index contributed by atoms with van der Waals surface area (Å²) in [5, 5.41) is 4.02. The zero-order valence-electron chi connectivity index (χ0n) is 10.6. The molecule has 1 atom stereocenters. The van der Waals surface area contributed by atoms with Crippen molar-refractivity contribution in [1.29, 1.82) is 0 Å². The molecule has 2 N–H and O–H groups in total. The van der Waals surface area contributed by atoms with Crippen molar-refractivity contribution >= 4 is 11.3 Å². The van der Waals surface area contributed by atoms with Crippen LogP contribution < -0.4 is 5.73 Å². The molecule has 1 heterocycles. The molecule has 0 saturated carbocycles. The van der Waals surface area contributed by atoms with E-state index in [0.29, 0.717) is 12.1 Å². The Morgan fingerprint density at radius 2 is 2.11 bits per heavy atom. The highest BCUT2D eigenvalue weighted by Crippen LogP contribution is 2.24. The van der Waals surface area contributed by atoms with Crippen LogP contribution in [0.1, 0.15) is 17.2 Å². The van der Waals surface area contributed by atoms with E-state index in [1.165, 1.54) is 6.07 Å². The summed E-state index contributed by atoms with van der Waals surface area (Å²) in [5.74, 6) is -1.64. The first-order valence-corrected chi connectivity index (χ1v) is 6.93. The van der Waals surface area contributed by atoms with E-state index < -0.39 is 11.6 Å². The van der Waals surface area contributed by atoms with Crippen molar-refractivity contribution < 1.29 is 8.78 Å². The van der Waals surface area contributed by atoms with E-state index in [4.69, 9.17) is 5.73 Å². The maximum absolute atomic E-state index is 13.8.